The Morgan fingerprint density at radius 2 is 1.77 bits per heavy atom. The fourth-order valence-corrected chi connectivity index (χ4v) is 6.35. The molecule has 0 bridgehead atoms. The van der Waals surface area contributed by atoms with Crippen molar-refractivity contribution >= 4 is 25.9 Å². The predicted molar refractivity (Wildman–Crippen MR) is 149 cm³/mol. The van der Waals surface area contributed by atoms with E-state index in [-0.39, 0.29) is 46.3 Å². The summed E-state index contributed by atoms with van der Waals surface area (Å²) in [6.07, 6.45) is 8.31. The van der Waals surface area contributed by atoms with Gasteiger partial charge < -0.3 is 14.3 Å². The molecule has 0 spiro atoms. The van der Waals surface area contributed by atoms with Gasteiger partial charge in [-0.25, -0.2) is 0 Å². The van der Waals surface area contributed by atoms with Crippen molar-refractivity contribution in [3.05, 3.63) is 47.5 Å². The van der Waals surface area contributed by atoms with Crippen molar-refractivity contribution in [2.45, 2.75) is 108 Å². The smallest absolute Gasteiger partial charge is 0.305 e. The van der Waals surface area contributed by atoms with Crippen molar-refractivity contribution in [1.82, 2.24) is 0 Å². The van der Waals surface area contributed by atoms with Gasteiger partial charge >= 0.3 is 5.97 Å². The maximum Gasteiger partial charge on any atom is 0.305 e. The summed E-state index contributed by atoms with van der Waals surface area (Å²) in [6.45, 7) is 15.7. The number of benzene rings is 1. The summed E-state index contributed by atoms with van der Waals surface area (Å²) in [4.78, 5) is 11.3. The van der Waals surface area contributed by atoms with Gasteiger partial charge in [0.2, 0.25) is 0 Å². The lowest BCUT2D eigenvalue weighted by molar-refractivity contribution is -0.140. The molecule has 1 aliphatic carbocycles. The number of aliphatic hydroxyl groups excluding tert-OH is 1. The summed E-state index contributed by atoms with van der Waals surface area (Å²) >= 11 is 6.99. The number of hydrogen-bond acceptors (Lipinski definition) is 4. The van der Waals surface area contributed by atoms with Crippen LogP contribution in [0.4, 0.5) is 0 Å². The number of aliphatic hydroxyl groups is 1. The maximum atomic E-state index is 11.3. The molecule has 0 aromatic heterocycles. The lowest BCUT2D eigenvalue weighted by Crippen LogP contribution is -2.44. The van der Waals surface area contributed by atoms with Crippen LogP contribution in [0.1, 0.15) is 83.8 Å². The molecule has 4 nitrogen and oxygen atoms in total. The second kappa shape index (κ2) is 12.4. The average Bonchev–Trinajstić information content (AvgIpc) is 3.09. The molecule has 1 aromatic carbocycles. The zero-order valence-corrected chi connectivity index (χ0v) is 24.8. The first-order valence-electron chi connectivity index (χ1n) is 13.0. The molecule has 0 amide bonds. The number of carbonyl (C=O) groups excluding carboxylic acids is 1. The van der Waals surface area contributed by atoms with Crippen LogP contribution < -0.4 is 0 Å². The van der Waals surface area contributed by atoms with Crippen molar-refractivity contribution in [1.29, 1.82) is 0 Å². The van der Waals surface area contributed by atoms with Crippen molar-refractivity contribution < 1.29 is 19.1 Å². The van der Waals surface area contributed by atoms with E-state index in [2.05, 4.69) is 84.1 Å². The number of halogens is 1. The molecular formula is C29H47ClO4Si. The van der Waals surface area contributed by atoms with E-state index in [1.54, 1.807) is 0 Å². The Hall–Kier alpha value is -1.14. The predicted octanol–water partition coefficient (Wildman–Crippen LogP) is 7.35. The van der Waals surface area contributed by atoms with Gasteiger partial charge in [-0.05, 0) is 60.9 Å². The lowest BCUT2D eigenvalue weighted by Gasteiger charge is -2.40. The third-order valence-corrected chi connectivity index (χ3v) is 13.1. The van der Waals surface area contributed by atoms with E-state index in [0.29, 0.717) is 6.42 Å². The van der Waals surface area contributed by atoms with Crippen LogP contribution in [-0.2, 0) is 19.4 Å². The van der Waals surface area contributed by atoms with Crippen molar-refractivity contribution in [2.24, 2.45) is 5.92 Å². The van der Waals surface area contributed by atoms with Crippen LogP contribution >= 0.6 is 11.6 Å². The molecule has 1 aliphatic rings. The Morgan fingerprint density at radius 1 is 1.14 bits per heavy atom. The standard InChI is InChI=1S/C29H47ClO4Si/c1-28(2,3)35(7,8)34-25-19-24(30)23(13-11-9-10-12-14-26(32)33-6)27(25)21-15-17-22(18-16-21)29(4,5)20-31/h9,11,15-18,23-25,27,31H,10,12-14,19-20H2,1-8H3/b11-9-/t23-,24+,25-,27+/m0/s1. The summed E-state index contributed by atoms with van der Waals surface area (Å²) in [7, 11) is -0.538. The van der Waals surface area contributed by atoms with Crippen LogP contribution in [0.25, 0.3) is 0 Å². The van der Waals surface area contributed by atoms with Crippen LogP contribution in [0.15, 0.2) is 36.4 Å². The number of rotatable bonds is 11. The Bertz CT molecular complexity index is 841. The van der Waals surface area contributed by atoms with Crippen LogP contribution in [-0.4, -0.2) is 44.6 Å². The van der Waals surface area contributed by atoms with Crippen LogP contribution in [0.2, 0.25) is 18.1 Å². The first-order chi connectivity index (χ1) is 16.2. The molecule has 4 atom stereocenters. The van der Waals surface area contributed by atoms with Gasteiger partial charge in [-0.2, -0.15) is 0 Å². The Kier molecular flexibility index (Phi) is 10.7. The molecule has 1 N–H and O–H groups in total. The molecule has 0 radical (unpaired) electrons. The molecule has 1 aromatic rings. The van der Waals surface area contributed by atoms with E-state index >= 15 is 0 Å². The minimum atomic E-state index is -1.97. The molecule has 0 unspecified atom stereocenters. The van der Waals surface area contributed by atoms with Crippen LogP contribution in [0.3, 0.4) is 0 Å². The molecule has 198 valence electrons. The summed E-state index contributed by atoms with van der Waals surface area (Å²) in [6, 6.07) is 8.72. The monoisotopic (exact) mass is 522 g/mol. The maximum absolute atomic E-state index is 11.3. The largest absolute Gasteiger partial charge is 0.469 e. The highest BCUT2D eigenvalue weighted by Crippen LogP contribution is 2.49. The second-order valence-corrected chi connectivity index (χ2v) is 17.5. The normalized spacial score (nSPS) is 23.7. The Labute approximate surface area is 219 Å². The molecule has 1 saturated carbocycles. The van der Waals surface area contributed by atoms with Gasteiger partial charge in [0.25, 0.3) is 0 Å². The van der Waals surface area contributed by atoms with Gasteiger partial charge in [-0.1, -0.05) is 71.0 Å². The fraction of sp³-hybridized carbons (Fsp3) is 0.690. The zero-order chi connectivity index (χ0) is 26.4. The molecule has 0 heterocycles. The SMILES string of the molecule is COC(=O)CCC/C=C\C[C@@H]1[C@@H](c2ccc(C(C)(C)CO)cc2)[C@@H](O[Si](C)(C)C(C)(C)C)C[C@H]1Cl. The van der Waals surface area contributed by atoms with Gasteiger partial charge in [0, 0.05) is 23.1 Å². The number of esters is 1. The minimum absolute atomic E-state index is 0.0445. The zero-order valence-electron chi connectivity index (χ0n) is 23.1. The molecule has 0 aliphatic heterocycles. The molecular weight excluding hydrogens is 476 g/mol. The summed E-state index contributed by atoms with van der Waals surface area (Å²) in [5.74, 6) is 0.339. The highest BCUT2D eigenvalue weighted by molar-refractivity contribution is 6.74. The lowest BCUT2D eigenvalue weighted by atomic mass is 9.81. The van der Waals surface area contributed by atoms with E-state index < -0.39 is 8.32 Å². The number of unbranched alkanes of at least 4 members (excludes halogenated alkanes) is 1. The molecule has 2 rings (SSSR count). The van der Waals surface area contributed by atoms with E-state index in [0.717, 1.165) is 31.2 Å². The first-order valence-corrected chi connectivity index (χ1v) is 16.3. The number of allylic oxidation sites excluding steroid dienone is 2. The number of hydrogen-bond donors (Lipinski definition) is 1. The Morgan fingerprint density at radius 3 is 2.31 bits per heavy atom. The number of methoxy groups -OCH3 is 1. The molecule has 0 saturated heterocycles. The minimum Gasteiger partial charge on any atom is -0.469 e. The van der Waals surface area contributed by atoms with Crippen molar-refractivity contribution in [3.8, 4) is 0 Å². The summed E-state index contributed by atoms with van der Waals surface area (Å²) < 4.78 is 11.7. The number of alkyl halides is 1. The van der Waals surface area contributed by atoms with E-state index in [1.165, 1.54) is 12.7 Å². The Balaban J connectivity index is 2.26. The van der Waals surface area contributed by atoms with E-state index in [1.807, 2.05) is 0 Å². The first kappa shape index (κ1) is 30.1. The van der Waals surface area contributed by atoms with E-state index in [4.69, 9.17) is 20.8 Å². The summed E-state index contributed by atoms with van der Waals surface area (Å²) in [5, 5.41) is 9.96. The third kappa shape index (κ3) is 7.92. The van der Waals surface area contributed by atoms with Gasteiger partial charge in [0.05, 0.1) is 19.8 Å². The second-order valence-electron chi connectivity index (χ2n) is 12.2. The third-order valence-electron chi connectivity index (χ3n) is 8.06. The van der Waals surface area contributed by atoms with E-state index in [9.17, 15) is 9.90 Å². The van der Waals surface area contributed by atoms with Gasteiger partial charge in [0.15, 0.2) is 8.32 Å². The summed E-state index contributed by atoms with van der Waals surface area (Å²) in [5.41, 5.74) is 2.12. The van der Waals surface area contributed by atoms with Gasteiger partial charge in [0.1, 0.15) is 0 Å². The van der Waals surface area contributed by atoms with Gasteiger partial charge in [-0.3, -0.25) is 4.79 Å². The van der Waals surface area contributed by atoms with Gasteiger partial charge in [-0.15, -0.1) is 11.6 Å². The quantitative estimate of drug-likeness (QED) is 0.108. The number of carbonyl (C=O) groups is 1. The van der Waals surface area contributed by atoms with Crippen molar-refractivity contribution in [3.63, 3.8) is 0 Å². The fourth-order valence-electron chi connectivity index (χ4n) is 4.56. The average molecular weight is 523 g/mol. The molecule has 6 heteroatoms. The highest BCUT2D eigenvalue weighted by Gasteiger charge is 2.48. The topological polar surface area (TPSA) is 55.8 Å². The van der Waals surface area contributed by atoms with Crippen LogP contribution in [0.5, 0.6) is 0 Å². The van der Waals surface area contributed by atoms with Crippen LogP contribution in [0, 0.1) is 5.92 Å². The molecule has 35 heavy (non-hydrogen) atoms. The molecule has 1 fully saturated rings. The number of ether oxygens (including phenoxy) is 1. The van der Waals surface area contributed by atoms with Crippen molar-refractivity contribution in [2.75, 3.05) is 13.7 Å². The highest BCUT2D eigenvalue weighted by atomic mass is 35.5.